The predicted octanol–water partition coefficient (Wildman–Crippen LogP) is 3.05. The van der Waals surface area contributed by atoms with E-state index in [1.165, 1.54) is 49.8 Å². The van der Waals surface area contributed by atoms with Gasteiger partial charge >= 0.3 is 12.1 Å². The van der Waals surface area contributed by atoms with Gasteiger partial charge in [0.05, 0.1) is 30.6 Å². The van der Waals surface area contributed by atoms with E-state index in [9.17, 15) is 33.9 Å². The number of carbonyl (C=O) groups is 6. The van der Waals surface area contributed by atoms with Crippen molar-refractivity contribution in [3.05, 3.63) is 46.5 Å². The lowest BCUT2D eigenvalue weighted by atomic mass is 9.83. The first-order valence-electron chi connectivity index (χ1n) is 18.6. The molecule has 0 saturated carbocycles. The van der Waals surface area contributed by atoms with Crippen LogP contribution in [0.4, 0.5) is 10.5 Å². The van der Waals surface area contributed by atoms with E-state index in [4.69, 9.17) is 35.3 Å². The third-order valence-corrected chi connectivity index (χ3v) is 12.7. The summed E-state index contributed by atoms with van der Waals surface area (Å²) in [4.78, 5) is 80.1. The average Bonchev–Trinajstić information content (AvgIpc) is 3.75. The summed E-state index contributed by atoms with van der Waals surface area (Å²) in [5, 5.41) is 16.1. The summed E-state index contributed by atoms with van der Waals surface area (Å²) in [7, 11) is 5.88. The van der Waals surface area contributed by atoms with Crippen LogP contribution in [-0.4, -0.2) is 127 Å². The number of alkyl carbamates (subject to hydrolysis) is 1. The fourth-order valence-electron chi connectivity index (χ4n) is 7.35. The zero-order valence-corrected chi connectivity index (χ0v) is 34.9. The fourth-order valence-corrected chi connectivity index (χ4v) is 8.72. The number of hydrogen-bond donors (Lipinski definition) is 3. The van der Waals surface area contributed by atoms with Gasteiger partial charge in [0.15, 0.2) is 5.72 Å². The van der Waals surface area contributed by atoms with E-state index in [2.05, 4.69) is 10.6 Å². The second-order valence-corrected chi connectivity index (χ2v) is 16.8. The minimum atomic E-state index is -1.86. The Bertz CT molecular complexity index is 1840. The van der Waals surface area contributed by atoms with Crippen LogP contribution in [0.15, 0.2) is 35.9 Å². The lowest BCUT2D eigenvalue weighted by Gasteiger charge is -2.42. The highest BCUT2D eigenvalue weighted by atomic mass is 35.5. The third kappa shape index (κ3) is 9.76. The lowest BCUT2D eigenvalue weighted by Crippen LogP contribution is -2.63. The van der Waals surface area contributed by atoms with Gasteiger partial charge in [0, 0.05) is 52.1 Å². The highest BCUT2D eigenvalue weighted by molar-refractivity contribution is 8.00. The maximum absolute atomic E-state index is 14.2. The van der Waals surface area contributed by atoms with E-state index in [1.807, 2.05) is 13.0 Å². The van der Waals surface area contributed by atoms with Crippen LogP contribution >= 0.6 is 23.4 Å². The fraction of sp³-hybridized carbons (Fsp3) is 0.590. The van der Waals surface area contributed by atoms with Crippen molar-refractivity contribution in [3.63, 3.8) is 0 Å². The van der Waals surface area contributed by atoms with Crippen molar-refractivity contribution in [2.24, 2.45) is 5.92 Å². The van der Waals surface area contributed by atoms with E-state index >= 15 is 0 Å². The Morgan fingerprint density at radius 2 is 1.91 bits per heavy atom. The van der Waals surface area contributed by atoms with Crippen LogP contribution in [-0.2, 0) is 49.3 Å². The molecule has 4 heterocycles. The Kier molecular flexibility index (Phi) is 13.7. The molecule has 4 aliphatic heterocycles. The standard InChI is InChI=1S/C39H51ClN4O12S/c1-20-10-9-11-28(53-8)39(51)19-26(54-37(50)42-39)21(2)34-38(4,56-34)29(18-32(47)44(6)24-15-23(14-20)16-25(52-7)33(24)40)55-36(49)22(3)43(5)31(46)12-13-57-27-17-30(45)41-35(27)48/h9-11,15-16,21-22,26-29,34,51H,12-14,17-19H2,1-8H3,(H,42,50)(H,41,45,48)/b11-9+,20-10+/t21-,22+,26+,27?,28-,29+,34+,38+,39+/m1/s1. The van der Waals surface area contributed by atoms with Gasteiger partial charge in [0.1, 0.15) is 40.7 Å². The number of ether oxygens (including phenoxy) is 5. The number of epoxide rings is 1. The molecule has 5 amide bonds. The summed E-state index contributed by atoms with van der Waals surface area (Å²) >= 11 is 7.94. The molecule has 0 aliphatic carbocycles. The largest absolute Gasteiger partial charge is 0.495 e. The zero-order chi connectivity index (χ0) is 42.0. The number of nitrogens with one attached hydrogen (secondary N) is 2. The predicted molar refractivity (Wildman–Crippen MR) is 210 cm³/mol. The molecule has 3 N–H and O–H groups in total. The second kappa shape index (κ2) is 17.8. The molecule has 16 nitrogen and oxygen atoms in total. The number of likely N-dealkylation sites (N-methyl/N-ethyl adjacent to an activating group) is 1. The normalized spacial score (nSPS) is 32.5. The molecule has 312 valence electrons. The quantitative estimate of drug-likeness (QED) is 0.186. The molecule has 4 aliphatic rings. The minimum Gasteiger partial charge on any atom is -0.495 e. The first kappa shape index (κ1) is 44.0. The number of thioether (sulfide) groups is 1. The Morgan fingerprint density at radius 3 is 2.56 bits per heavy atom. The van der Waals surface area contributed by atoms with Crippen molar-refractivity contribution in [1.82, 2.24) is 15.5 Å². The summed E-state index contributed by atoms with van der Waals surface area (Å²) < 4.78 is 29.2. The Balaban J connectivity index is 1.44. The Labute approximate surface area is 340 Å². The first-order valence-corrected chi connectivity index (χ1v) is 20.0. The number of fused-ring (bicyclic) bond motifs is 5. The Morgan fingerprint density at radius 1 is 1.19 bits per heavy atom. The number of carbonyl (C=O) groups excluding carboxylic acids is 6. The molecule has 3 fully saturated rings. The van der Waals surface area contributed by atoms with Crippen LogP contribution in [0.3, 0.4) is 0 Å². The van der Waals surface area contributed by atoms with Gasteiger partial charge in [-0.25, -0.2) is 9.59 Å². The van der Waals surface area contributed by atoms with Gasteiger partial charge in [-0.3, -0.25) is 29.8 Å². The zero-order valence-electron chi connectivity index (χ0n) is 33.3. The molecule has 1 aromatic rings. The van der Waals surface area contributed by atoms with Crippen LogP contribution in [0.1, 0.15) is 58.9 Å². The smallest absolute Gasteiger partial charge is 0.409 e. The number of imide groups is 1. The van der Waals surface area contributed by atoms with Crippen molar-refractivity contribution in [2.75, 3.05) is 39.0 Å². The summed E-state index contributed by atoms with van der Waals surface area (Å²) in [6, 6.07) is 2.45. The van der Waals surface area contributed by atoms with Crippen molar-refractivity contribution in [1.29, 1.82) is 0 Å². The molecule has 9 atom stereocenters. The summed E-state index contributed by atoms with van der Waals surface area (Å²) in [5.41, 5.74) is -1.08. The summed E-state index contributed by atoms with van der Waals surface area (Å²) in [6.45, 7) is 6.86. The van der Waals surface area contributed by atoms with Gasteiger partial charge in [0.25, 0.3) is 0 Å². The van der Waals surface area contributed by atoms with Gasteiger partial charge in [-0.05, 0) is 44.9 Å². The molecule has 0 radical (unpaired) electrons. The molecule has 0 aromatic heterocycles. The molecular formula is C39H51ClN4O12S. The van der Waals surface area contributed by atoms with E-state index in [1.54, 1.807) is 45.2 Å². The monoisotopic (exact) mass is 834 g/mol. The number of nitrogens with zero attached hydrogens (tertiary/aromatic N) is 2. The number of anilines is 1. The van der Waals surface area contributed by atoms with Gasteiger partial charge in [0.2, 0.25) is 23.6 Å². The number of rotatable bonds is 9. The van der Waals surface area contributed by atoms with Crippen LogP contribution in [0.25, 0.3) is 0 Å². The van der Waals surface area contributed by atoms with E-state index < -0.39 is 82.7 Å². The molecule has 0 spiro atoms. The number of halogens is 1. The molecule has 1 unspecified atom stereocenters. The molecule has 3 saturated heterocycles. The molecule has 57 heavy (non-hydrogen) atoms. The summed E-state index contributed by atoms with van der Waals surface area (Å²) in [5.74, 6) is -2.41. The van der Waals surface area contributed by atoms with Crippen LogP contribution in [0, 0.1) is 5.92 Å². The molecule has 4 bridgehead atoms. The lowest BCUT2D eigenvalue weighted by molar-refractivity contribution is -0.162. The average molecular weight is 835 g/mol. The summed E-state index contributed by atoms with van der Waals surface area (Å²) in [6.07, 6.45) is 0.609. The topological polar surface area (TPSA) is 203 Å². The number of hydrogen-bond acceptors (Lipinski definition) is 13. The van der Waals surface area contributed by atoms with E-state index in [0.29, 0.717) is 17.9 Å². The number of esters is 1. The van der Waals surface area contributed by atoms with Crippen molar-refractivity contribution >= 4 is 64.7 Å². The third-order valence-electron chi connectivity index (χ3n) is 11.1. The number of benzene rings is 1. The van der Waals surface area contributed by atoms with Gasteiger partial charge < -0.3 is 38.6 Å². The molecule has 5 rings (SSSR count). The van der Waals surface area contributed by atoms with Crippen molar-refractivity contribution in [2.45, 2.75) is 107 Å². The van der Waals surface area contributed by atoms with Crippen LogP contribution in [0.5, 0.6) is 5.75 Å². The Hall–Kier alpha value is -4.16. The van der Waals surface area contributed by atoms with Crippen molar-refractivity contribution < 1.29 is 57.6 Å². The molecule has 1 aromatic carbocycles. The highest BCUT2D eigenvalue weighted by Gasteiger charge is 2.64. The first-order chi connectivity index (χ1) is 26.8. The molecular weight excluding hydrogens is 784 g/mol. The van der Waals surface area contributed by atoms with E-state index in [0.717, 1.165) is 11.1 Å². The molecule has 18 heteroatoms. The number of amides is 5. The maximum atomic E-state index is 14.2. The van der Waals surface area contributed by atoms with Crippen molar-refractivity contribution in [3.8, 4) is 5.75 Å². The van der Waals surface area contributed by atoms with Gasteiger partial charge in [-0.1, -0.05) is 42.3 Å². The van der Waals surface area contributed by atoms with Gasteiger partial charge in [-0.2, -0.15) is 0 Å². The second-order valence-electron chi connectivity index (χ2n) is 15.1. The number of allylic oxidation sites excluding steroid dienone is 3. The van der Waals surface area contributed by atoms with E-state index in [-0.39, 0.29) is 42.4 Å². The van der Waals surface area contributed by atoms with Crippen LogP contribution < -0.4 is 20.3 Å². The minimum absolute atomic E-state index is 0.0104. The van der Waals surface area contributed by atoms with Crippen LogP contribution in [0.2, 0.25) is 5.02 Å². The number of aliphatic hydroxyl groups is 1. The highest BCUT2D eigenvalue weighted by Crippen LogP contribution is 2.49. The SMILES string of the molecule is COc1cc2cc(c1Cl)N(C)C(=O)C[C@H](OC(=O)[C@H](C)N(C)C(=O)CCSC1CC(=O)NC1=O)[C@]1(C)O[C@H]1[C@H](C)[C@@H]1C[C@@](O)(NC(=O)O1)[C@H](OC)/C=C/C=C(\C)C2. The van der Waals surface area contributed by atoms with Gasteiger partial charge in [-0.15, -0.1) is 11.8 Å². The number of methoxy groups -OCH3 is 2. The maximum Gasteiger partial charge on any atom is 0.409 e.